The number of anilines is 2. The van der Waals surface area contributed by atoms with Crippen LogP contribution < -0.4 is 9.64 Å². The van der Waals surface area contributed by atoms with Gasteiger partial charge in [0, 0.05) is 35.5 Å². The Morgan fingerprint density at radius 3 is 2.43 bits per heavy atom. The number of nitrogens with zero attached hydrogens (tertiary/aromatic N) is 6. The first-order valence-electron chi connectivity index (χ1n) is 18.7. The van der Waals surface area contributed by atoms with Crippen LogP contribution in [-0.2, 0) is 29.0 Å². The van der Waals surface area contributed by atoms with Gasteiger partial charge in [0.15, 0.2) is 16.7 Å². The number of pyridine rings is 1. The molecular weight excluding hydrogens is 692 g/mol. The van der Waals surface area contributed by atoms with E-state index in [1.54, 1.807) is 7.11 Å². The SMILES string of the molecule is COc1ccc(COC(=O)c2nc(N3CCCc4c3nnc(Cl)c4C)ccc2-c2cnn(CC34CC5(C)CC(C)(C3)CC(OCCO)(C5)C4)c2C)cc1. The van der Waals surface area contributed by atoms with Crippen molar-refractivity contribution in [3.8, 4) is 16.9 Å². The first-order chi connectivity index (χ1) is 25.4. The second kappa shape index (κ2) is 13.4. The van der Waals surface area contributed by atoms with Crippen molar-refractivity contribution in [3.63, 3.8) is 0 Å². The summed E-state index contributed by atoms with van der Waals surface area (Å²) in [5.74, 6) is 1.51. The third-order valence-corrected chi connectivity index (χ3v) is 12.6. The number of aliphatic hydroxyl groups is 1. The summed E-state index contributed by atoms with van der Waals surface area (Å²) in [6.07, 6.45) is 10.1. The highest BCUT2D eigenvalue weighted by Gasteiger charge is 2.66. The minimum absolute atomic E-state index is 0.0215. The maximum Gasteiger partial charge on any atom is 0.358 e. The molecule has 1 aromatic carbocycles. The summed E-state index contributed by atoms with van der Waals surface area (Å²) < 4.78 is 19.9. The number of fused-ring (bicyclic) bond motifs is 1. The van der Waals surface area contributed by atoms with Crippen LogP contribution in [0.1, 0.15) is 91.7 Å². The molecule has 0 amide bonds. The Bertz CT molecular complexity index is 2030. The standard InChI is InChI=1S/C41H49ClN6O5/c1-26-30-7-6-14-47(36(30)46-45-35(26)42)33-13-12-31(34(44-33)37(50)52-18-28-8-10-29(51-5)11-9-28)32-17-43-48(27(32)2)25-40-20-38(3)19-39(4,21-40)23-41(22-38,24-40)53-16-15-49/h8-13,17,49H,6-7,14-16,18-25H2,1-5H3. The molecule has 4 saturated carbocycles. The summed E-state index contributed by atoms with van der Waals surface area (Å²) in [7, 11) is 1.62. The van der Waals surface area contributed by atoms with Crippen molar-refractivity contribution >= 4 is 29.2 Å². The molecule has 4 aliphatic carbocycles. The first-order valence-corrected chi connectivity index (χ1v) is 19.1. The zero-order valence-electron chi connectivity index (χ0n) is 31.4. The Balaban J connectivity index is 1.14. The summed E-state index contributed by atoms with van der Waals surface area (Å²) in [5.41, 5.74) is 5.67. The molecule has 2 unspecified atom stereocenters. The van der Waals surface area contributed by atoms with Gasteiger partial charge in [-0.1, -0.05) is 37.6 Å². The number of rotatable bonds is 11. The Kier molecular flexibility index (Phi) is 9.06. The molecule has 4 heterocycles. The van der Waals surface area contributed by atoms with E-state index in [0.29, 0.717) is 35.5 Å². The number of hydrogen-bond donors (Lipinski definition) is 1. The molecule has 280 valence electrons. The number of aromatic nitrogens is 5. The van der Waals surface area contributed by atoms with E-state index in [-0.39, 0.29) is 40.8 Å². The molecule has 53 heavy (non-hydrogen) atoms. The Morgan fingerprint density at radius 2 is 1.72 bits per heavy atom. The van der Waals surface area contributed by atoms with Gasteiger partial charge in [-0.3, -0.25) is 4.68 Å². The van der Waals surface area contributed by atoms with Crippen molar-refractivity contribution in [2.45, 2.75) is 97.8 Å². The van der Waals surface area contributed by atoms with Crippen LogP contribution in [-0.4, -0.2) is 68.5 Å². The fraction of sp³-hybridized carbons (Fsp3) is 0.537. The topological polar surface area (TPSA) is 125 Å². The second-order valence-electron chi connectivity index (χ2n) is 16.9. The number of carbonyl (C=O) groups excluding carboxylic acids is 1. The van der Waals surface area contributed by atoms with Crippen molar-refractivity contribution in [2.24, 2.45) is 16.2 Å². The fourth-order valence-corrected chi connectivity index (χ4v) is 11.4. The third kappa shape index (κ3) is 6.59. The number of hydrogen-bond acceptors (Lipinski definition) is 10. The number of benzene rings is 1. The Hall–Kier alpha value is -4.06. The van der Waals surface area contributed by atoms with Gasteiger partial charge in [-0.05, 0) is 117 Å². The molecule has 2 atom stereocenters. The fourth-order valence-electron chi connectivity index (χ4n) is 11.3. The molecule has 9 rings (SSSR count). The van der Waals surface area contributed by atoms with Crippen LogP contribution in [0.15, 0.2) is 42.6 Å². The normalized spacial score (nSPS) is 27.2. The number of methoxy groups -OCH3 is 1. The van der Waals surface area contributed by atoms with E-state index in [1.807, 2.05) is 54.4 Å². The number of carbonyl (C=O) groups is 1. The van der Waals surface area contributed by atoms with Gasteiger partial charge in [0.2, 0.25) is 0 Å². The van der Waals surface area contributed by atoms with Crippen LogP contribution in [0.4, 0.5) is 11.6 Å². The summed E-state index contributed by atoms with van der Waals surface area (Å²) in [6, 6.07) is 11.4. The lowest BCUT2D eigenvalue weighted by Crippen LogP contribution is -2.64. The van der Waals surface area contributed by atoms with E-state index in [4.69, 9.17) is 35.9 Å². The minimum atomic E-state index is -0.523. The van der Waals surface area contributed by atoms with Crippen LogP contribution in [0.5, 0.6) is 5.75 Å². The van der Waals surface area contributed by atoms with Crippen LogP contribution in [0, 0.1) is 30.1 Å². The zero-order valence-corrected chi connectivity index (χ0v) is 32.1. The van der Waals surface area contributed by atoms with Crippen molar-refractivity contribution in [3.05, 3.63) is 75.8 Å². The maximum absolute atomic E-state index is 14.1. The molecule has 1 N–H and O–H groups in total. The molecule has 0 spiro atoms. The van der Waals surface area contributed by atoms with E-state index in [0.717, 1.165) is 85.2 Å². The van der Waals surface area contributed by atoms with Gasteiger partial charge in [-0.2, -0.15) is 5.10 Å². The van der Waals surface area contributed by atoms with Crippen molar-refractivity contribution in [1.29, 1.82) is 0 Å². The highest BCUT2D eigenvalue weighted by molar-refractivity contribution is 6.30. The lowest BCUT2D eigenvalue weighted by Gasteiger charge is -2.69. The molecule has 0 saturated heterocycles. The lowest BCUT2D eigenvalue weighted by atomic mass is 9.39. The quantitative estimate of drug-likeness (QED) is 0.154. The minimum Gasteiger partial charge on any atom is -0.497 e. The van der Waals surface area contributed by atoms with Crippen molar-refractivity contribution < 1.29 is 24.1 Å². The van der Waals surface area contributed by atoms with Crippen LogP contribution in [0.2, 0.25) is 5.15 Å². The molecular formula is C41H49ClN6O5. The van der Waals surface area contributed by atoms with E-state index >= 15 is 0 Å². The largest absolute Gasteiger partial charge is 0.497 e. The van der Waals surface area contributed by atoms with Gasteiger partial charge in [-0.25, -0.2) is 9.78 Å². The van der Waals surface area contributed by atoms with Gasteiger partial charge >= 0.3 is 5.97 Å². The molecule has 0 radical (unpaired) electrons. The van der Waals surface area contributed by atoms with Crippen molar-refractivity contribution in [1.82, 2.24) is 25.0 Å². The monoisotopic (exact) mass is 740 g/mol. The van der Waals surface area contributed by atoms with Gasteiger partial charge in [0.1, 0.15) is 18.2 Å². The smallest absolute Gasteiger partial charge is 0.358 e. The average molecular weight is 741 g/mol. The van der Waals surface area contributed by atoms with Gasteiger partial charge in [0.25, 0.3) is 0 Å². The number of esters is 1. The molecule has 11 nitrogen and oxygen atoms in total. The van der Waals surface area contributed by atoms with Crippen LogP contribution in [0.25, 0.3) is 11.1 Å². The maximum atomic E-state index is 14.1. The predicted molar refractivity (Wildman–Crippen MR) is 202 cm³/mol. The average Bonchev–Trinajstić information content (AvgIpc) is 3.47. The van der Waals surface area contributed by atoms with Gasteiger partial charge < -0.3 is 24.2 Å². The predicted octanol–water partition coefficient (Wildman–Crippen LogP) is 7.58. The Labute approximate surface area is 316 Å². The summed E-state index contributed by atoms with van der Waals surface area (Å²) >= 11 is 6.35. The van der Waals surface area contributed by atoms with Gasteiger partial charge in [0.05, 0.1) is 32.1 Å². The third-order valence-electron chi connectivity index (χ3n) is 12.2. The number of ether oxygens (including phenoxy) is 3. The summed E-state index contributed by atoms with van der Waals surface area (Å²) in [4.78, 5) is 21.1. The highest BCUT2D eigenvalue weighted by Crippen LogP contribution is 2.72. The molecule has 12 heteroatoms. The number of aliphatic hydroxyl groups excluding tert-OH is 1. The summed E-state index contributed by atoms with van der Waals surface area (Å²) in [5, 5.41) is 23.7. The highest BCUT2D eigenvalue weighted by atomic mass is 35.5. The molecule has 4 fully saturated rings. The molecule has 4 aromatic rings. The zero-order chi connectivity index (χ0) is 37.2. The summed E-state index contributed by atoms with van der Waals surface area (Å²) in [6.45, 7) is 10.8. The molecule has 4 bridgehead atoms. The molecule has 5 aliphatic rings. The van der Waals surface area contributed by atoms with E-state index in [1.165, 1.54) is 6.42 Å². The lowest BCUT2D eigenvalue weighted by molar-refractivity contribution is -0.250. The van der Waals surface area contributed by atoms with E-state index < -0.39 is 5.97 Å². The second-order valence-corrected chi connectivity index (χ2v) is 17.3. The molecule has 3 aromatic heterocycles. The van der Waals surface area contributed by atoms with Gasteiger partial charge in [-0.15, -0.1) is 10.2 Å². The first kappa shape index (κ1) is 35.9. The molecule has 1 aliphatic heterocycles. The Morgan fingerprint density at radius 1 is 0.962 bits per heavy atom. The van der Waals surface area contributed by atoms with Crippen LogP contribution >= 0.6 is 11.6 Å². The van der Waals surface area contributed by atoms with E-state index in [2.05, 4.69) is 35.7 Å². The van der Waals surface area contributed by atoms with Crippen LogP contribution in [0.3, 0.4) is 0 Å². The van der Waals surface area contributed by atoms with Crippen molar-refractivity contribution in [2.75, 3.05) is 31.8 Å². The number of halogens is 1. The van der Waals surface area contributed by atoms with E-state index in [9.17, 15) is 9.90 Å².